The van der Waals surface area contributed by atoms with Crippen LogP contribution in [0.5, 0.6) is 0 Å². The molecule has 13 heavy (non-hydrogen) atoms. The van der Waals surface area contributed by atoms with Crippen LogP contribution in [-0.4, -0.2) is 0 Å². The monoisotopic (exact) mass is 167 g/mol. The van der Waals surface area contributed by atoms with E-state index in [0.29, 0.717) is 0 Å². The third-order valence-electron chi connectivity index (χ3n) is 2.49. The summed E-state index contributed by atoms with van der Waals surface area (Å²) in [5, 5.41) is 0. The van der Waals surface area contributed by atoms with E-state index in [9.17, 15) is 0 Å². The van der Waals surface area contributed by atoms with E-state index in [1.165, 1.54) is 22.3 Å². The summed E-state index contributed by atoms with van der Waals surface area (Å²) in [6, 6.07) is 14.4. The van der Waals surface area contributed by atoms with Gasteiger partial charge in [-0.15, -0.1) is 0 Å². The van der Waals surface area contributed by atoms with Crippen LogP contribution in [0, 0.1) is 0 Å². The van der Waals surface area contributed by atoms with E-state index < -0.39 is 0 Å². The van der Waals surface area contributed by atoms with Crippen molar-refractivity contribution in [2.24, 2.45) is 0 Å². The molecule has 2 N–H and O–H groups in total. The summed E-state index contributed by atoms with van der Waals surface area (Å²) >= 11 is 0. The number of benzene rings is 2. The average molecular weight is 167 g/mol. The zero-order valence-corrected chi connectivity index (χ0v) is 7.12. The molecule has 0 aromatic heterocycles. The summed E-state index contributed by atoms with van der Waals surface area (Å²) in [7, 11) is 0. The maximum absolute atomic E-state index is 5.62. The highest BCUT2D eigenvalue weighted by molar-refractivity contribution is 6.07. The molecule has 3 rings (SSSR count). The van der Waals surface area contributed by atoms with Gasteiger partial charge in [-0.2, -0.15) is 0 Å². The molecule has 1 aromatic carbocycles. The summed E-state index contributed by atoms with van der Waals surface area (Å²) in [6.07, 6.45) is 0. The maximum atomic E-state index is 5.62. The summed E-state index contributed by atoms with van der Waals surface area (Å²) < 4.78 is 0. The van der Waals surface area contributed by atoms with Crippen LogP contribution in [0.1, 0.15) is 0 Å². The maximum Gasteiger partial charge on any atom is 0.0314 e. The Labute approximate surface area is 76.8 Å². The van der Waals surface area contributed by atoms with Gasteiger partial charge in [-0.3, -0.25) is 0 Å². The lowest BCUT2D eigenvalue weighted by molar-refractivity contribution is 1.68. The minimum Gasteiger partial charge on any atom is -0.399 e. The largest absolute Gasteiger partial charge is 0.399 e. The van der Waals surface area contributed by atoms with Crippen molar-refractivity contribution in [3.8, 4) is 22.3 Å². The molecular weight excluding hydrogens is 158 g/mol. The molecule has 0 spiro atoms. The molecule has 0 unspecified atom stereocenters. The van der Waals surface area contributed by atoms with Crippen LogP contribution in [0.15, 0.2) is 42.5 Å². The van der Waals surface area contributed by atoms with Crippen molar-refractivity contribution in [2.75, 3.05) is 5.73 Å². The van der Waals surface area contributed by atoms with E-state index in [4.69, 9.17) is 5.73 Å². The second-order valence-corrected chi connectivity index (χ2v) is 3.35. The summed E-state index contributed by atoms with van der Waals surface area (Å²) in [4.78, 5) is 0. The number of nitrogens with two attached hydrogens (primary N) is 1. The van der Waals surface area contributed by atoms with Gasteiger partial charge in [0.05, 0.1) is 0 Å². The minimum atomic E-state index is 0.824. The second-order valence-electron chi connectivity index (χ2n) is 3.35. The highest BCUT2D eigenvalue weighted by atomic mass is 14.5. The van der Waals surface area contributed by atoms with Gasteiger partial charge in [-0.25, -0.2) is 0 Å². The number of nitrogen functional groups attached to an aromatic ring is 1. The molecule has 62 valence electrons. The molecule has 2 aliphatic rings. The third kappa shape index (κ3) is 0.872. The predicted molar refractivity (Wildman–Crippen MR) is 55.3 cm³/mol. The molecule has 1 heteroatoms. The van der Waals surface area contributed by atoms with Crippen LogP contribution in [0.3, 0.4) is 0 Å². The van der Waals surface area contributed by atoms with Gasteiger partial charge >= 0.3 is 0 Å². The molecule has 0 atom stereocenters. The average Bonchev–Trinajstić information content (AvgIpc) is 2.63. The van der Waals surface area contributed by atoms with Crippen LogP contribution >= 0.6 is 0 Å². The SMILES string of the molecule is Nc1ccc(-c2c3cccc2-3)cc1. The fraction of sp³-hybridized carbons (Fsp3) is 0. The van der Waals surface area contributed by atoms with Gasteiger partial charge in [0.1, 0.15) is 0 Å². The van der Waals surface area contributed by atoms with Crippen molar-refractivity contribution in [3.05, 3.63) is 42.5 Å². The van der Waals surface area contributed by atoms with Gasteiger partial charge in [0.2, 0.25) is 0 Å². The van der Waals surface area contributed by atoms with Gasteiger partial charge < -0.3 is 5.73 Å². The molecule has 0 fully saturated rings. The Bertz CT molecular complexity index is 449. The smallest absolute Gasteiger partial charge is 0.0314 e. The molecule has 0 aliphatic heterocycles. The Balaban J connectivity index is 2.10. The van der Waals surface area contributed by atoms with E-state index in [1.54, 1.807) is 0 Å². The van der Waals surface area contributed by atoms with Crippen LogP contribution in [0.4, 0.5) is 5.69 Å². The van der Waals surface area contributed by atoms with Crippen molar-refractivity contribution in [2.45, 2.75) is 0 Å². The van der Waals surface area contributed by atoms with E-state index >= 15 is 0 Å². The van der Waals surface area contributed by atoms with E-state index in [2.05, 4.69) is 30.3 Å². The number of anilines is 1. The molecule has 1 aromatic rings. The van der Waals surface area contributed by atoms with Crippen LogP contribution in [-0.2, 0) is 0 Å². The Morgan fingerprint density at radius 2 is 1.38 bits per heavy atom. The lowest BCUT2D eigenvalue weighted by atomic mass is 10.1. The van der Waals surface area contributed by atoms with E-state index in [0.717, 1.165) is 5.69 Å². The van der Waals surface area contributed by atoms with E-state index in [1.807, 2.05) is 12.1 Å². The van der Waals surface area contributed by atoms with Gasteiger partial charge in [0, 0.05) is 5.69 Å². The Hall–Kier alpha value is -1.76. The topological polar surface area (TPSA) is 26.0 Å². The fourth-order valence-electron chi connectivity index (χ4n) is 1.76. The summed E-state index contributed by atoms with van der Waals surface area (Å²) in [6.45, 7) is 0. The number of hydrogen-bond donors (Lipinski definition) is 1. The first kappa shape index (κ1) is 6.72. The fourth-order valence-corrected chi connectivity index (χ4v) is 1.76. The lowest BCUT2D eigenvalue weighted by Gasteiger charge is -1.93. The lowest BCUT2D eigenvalue weighted by Crippen LogP contribution is -1.81. The molecule has 1 nitrogen and oxygen atoms in total. The first-order chi connectivity index (χ1) is 6.36. The minimum absolute atomic E-state index is 0.824. The number of fused-ring (bicyclic) bond motifs is 1. The molecule has 0 saturated heterocycles. The quantitative estimate of drug-likeness (QED) is 0.554. The molecule has 0 radical (unpaired) electrons. The Morgan fingerprint density at radius 1 is 0.769 bits per heavy atom. The number of hydrogen-bond acceptors (Lipinski definition) is 1. The van der Waals surface area contributed by atoms with Crippen LogP contribution in [0.25, 0.3) is 22.3 Å². The summed E-state index contributed by atoms with van der Waals surface area (Å²) in [5.74, 6) is 0. The van der Waals surface area contributed by atoms with Gasteiger partial charge in [-0.05, 0) is 34.4 Å². The number of rotatable bonds is 1. The molecule has 0 amide bonds. The molecule has 0 saturated carbocycles. The Kier molecular flexibility index (Phi) is 1.10. The summed E-state index contributed by atoms with van der Waals surface area (Å²) in [5.41, 5.74) is 11.9. The van der Waals surface area contributed by atoms with Crippen LogP contribution in [0.2, 0.25) is 0 Å². The normalized spacial score (nSPS) is 11.4. The van der Waals surface area contributed by atoms with Crippen molar-refractivity contribution in [1.82, 2.24) is 0 Å². The van der Waals surface area contributed by atoms with Crippen molar-refractivity contribution >= 4 is 5.69 Å². The van der Waals surface area contributed by atoms with Gasteiger partial charge in [0.15, 0.2) is 0 Å². The predicted octanol–water partition coefficient (Wildman–Crippen LogP) is 2.92. The van der Waals surface area contributed by atoms with Crippen LogP contribution < -0.4 is 5.73 Å². The third-order valence-corrected chi connectivity index (χ3v) is 2.49. The molecule has 2 aliphatic carbocycles. The highest BCUT2D eigenvalue weighted by Crippen LogP contribution is 2.50. The Morgan fingerprint density at radius 3 is 2.00 bits per heavy atom. The zero-order chi connectivity index (χ0) is 8.84. The zero-order valence-electron chi connectivity index (χ0n) is 7.12. The van der Waals surface area contributed by atoms with Crippen molar-refractivity contribution in [1.29, 1.82) is 0 Å². The molecule has 0 bridgehead atoms. The second kappa shape index (κ2) is 2.13. The standard InChI is InChI=1S/C12H9N/c13-9-6-4-8(5-7-9)12-10-2-1-3-11(10)12/h1-7H,13H2. The first-order valence-corrected chi connectivity index (χ1v) is 4.35. The van der Waals surface area contributed by atoms with Crippen molar-refractivity contribution in [3.63, 3.8) is 0 Å². The molecule has 0 heterocycles. The molecular formula is C12H9N. The van der Waals surface area contributed by atoms with Gasteiger partial charge in [0.25, 0.3) is 0 Å². The first-order valence-electron chi connectivity index (χ1n) is 4.35. The van der Waals surface area contributed by atoms with E-state index in [-0.39, 0.29) is 0 Å². The van der Waals surface area contributed by atoms with Gasteiger partial charge in [-0.1, -0.05) is 30.3 Å². The highest BCUT2D eigenvalue weighted by Gasteiger charge is 2.23. The van der Waals surface area contributed by atoms with Crippen molar-refractivity contribution < 1.29 is 0 Å².